The normalized spacial score (nSPS) is 32.5. The second kappa shape index (κ2) is 7.97. The number of aliphatic hydroxyl groups is 1. The highest BCUT2D eigenvalue weighted by atomic mass is 16.3. The van der Waals surface area contributed by atoms with Gasteiger partial charge in [0.25, 0.3) is 0 Å². The van der Waals surface area contributed by atoms with E-state index in [9.17, 15) is 5.11 Å². The molecule has 2 atom stereocenters. The Morgan fingerprint density at radius 2 is 1.77 bits per heavy atom. The van der Waals surface area contributed by atoms with E-state index in [0.29, 0.717) is 6.04 Å². The fraction of sp³-hybridized carbons (Fsp3) is 0.727. The molecule has 1 N–H and O–H groups in total. The molecule has 0 bridgehead atoms. The molecule has 3 fully saturated rings. The highest BCUT2D eigenvalue weighted by Crippen LogP contribution is 2.32. The van der Waals surface area contributed by atoms with Crippen molar-refractivity contribution in [2.75, 3.05) is 39.3 Å². The standard InChI is InChI=1S/C22H35N3O/c1-22(18-26)17-23(14-19-8-4-2-5-9-19)15-21-16-24(12-13-25(21)22)20-10-6-3-7-11-20/h2,4-5,8-9,20-21,26H,3,6-7,10-18H2,1H3/t21-,22+/m1/s1. The maximum atomic E-state index is 10.2. The number of benzene rings is 1. The van der Waals surface area contributed by atoms with Gasteiger partial charge in [-0.2, -0.15) is 0 Å². The van der Waals surface area contributed by atoms with E-state index in [0.717, 1.165) is 32.2 Å². The highest BCUT2D eigenvalue weighted by Gasteiger charge is 2.45. The Kier molecular flexibility index (Phi) is 5.65. The minimum atomic E-state index is -0.115. The maximum Gasteiger partial charge on any atom is 0.0625 e. The summed E-state index contributed by atoms with van der Waals surface area (Å²) >= 11 is 0. The Balaban J connectivity index is 1.46. The zero-order valence-electron chi connectivity index (χ0n) is 16.3. The molecule has 2 saturated heterocycles. The molecule has 26 heavy (non-hydrogen) atoms. The third-order valence-corrected chi connectivity index (χ3v) is 6.92. The van der Waals surface area contributed by atoms with E-state index in [2.05, 4.69) is 52.0 Å². The van der Waals surface area contributed by atoms with Crippen molar-refractivity contribution in [3.8, 4) is 0 Å². The van der Waals surface area contributed by atoms with Gasteiger partial charge in [0.15, 0.2) is 0 Å². The lowest BCUT2D eigenvalue weighted by molar-refractivity contribution is -0.101. The molecule has 4 nitrogen and oxygen atoms in total. The van der Waals surface area contributed by atoms with E-state index in [1.165, 1.54) is 50.8 Å². The number of nitrogens with zero attached hydrogens (tertiary/aromatic N) is 3. The molecule has 1 aromatic rings. The van der Waals surface area contributed by atoms with Crippen LogP contribution in [0.3, 0.4) is 0 Å². The quantitative estimate of drug-likeness (QED) is 0.897. The fourth-order valence-corrected chi connectivity index (χ4v) is 5.56. The van der Waals surface area contributed by atoms with Crippen LogP contribution in [0.1, 0.15) is 44.6 Å². The van der Waals surface area contributed by atoms with Crippen LogP contribution in [0.5, 0.6) is 0 Å². The molecule has 0 unspecified atom stereocenters. The average Bonchev–Trinajstić information content (AvgIpc) is 2.69. The number of piperazine rings is 2. The molecule has 0 aromatic heterocycles. The van der Waals surface area contributed by atoms with Gasteiger partial charge in [-0.25, -0.2) is 0 Å². The maximum absolute atomic E-state index is 10.2. The third kappa shape index (κ3) is 3.84. The predicted molar refractivity (Wildman–Crippen MR) is 106 cm³/mol. The van der Waals surface area contributed by atoms with E-state index < -0.39 is 0 Å². The third-order valence-electron chi connectivity index (χ3n) is 6.92. The number of rotatable bonds is 4. The summed E-state index contributed by atoms with van der Waals surface area (Å²) in [5.41, 5.74) is 1.26. The van der Waals surface area contributed by atoms with Crippen LogP contribution in [0.25, 0.3) is 0 Å². The first-order valence-corrected chi connectivity index (χ1v) is 10.6. The van der Waals surface area contributed by atoms with Crippen molar-refractivity contribution in [3.05, 3.63) is 35.9 Å². The highest BCUT2D eigenvalue weighted by molar-refractivity contribution is 5.15. The Bertz CT molecular complexity index is 574. The molecule has 0 spiro atoms. The number of hydrogen-bond acceptors (Lipinski definition) is 4. The van der Waals surface area contributed by atoms with Gasteiger partial charge in [0, 0.05) is 51.4 Å². The van der Waals surface area contributed by atoms with Crippen LogP contribution in [0.4, 0.5) is 0 Å². The minimum Gasteiger partial charge on any atom is -0.394 e. The zero-order valence-corrected chi connectivity index (χ0v) is 16.3. The molecule has 4 rings (SSSR count). The molecule has 1 aliphatic carbocycles. The molecular formula is C22H35N3O. The average molecular weight is 358 g/mol. The van der Waals surface area contributed by atoms with Gasteiger partial charge in [-0.05, 0) is 25.3 Å². The topological polar surface area (TPSA) is 30.0 Å². The Labute approximate surface area is 158 Å². The molecule has 2 heterocycles. The molecule has 0 amide bonds. The van der Waals surface area contributed by atoms with Gasteiger partial charge in [-0.1, -0.05) is 49.6 Å². The largest absolute Gasteiger partial charge is 0.394 e. The lowest BCUT2D eigenvalue weighted by atomic mass is 9.89. The summed E-state index contributed by atoms with van der Waals surface area (Å²) in [5, 5.41) is 10.2. The number of aliphatic hydroxyl groups excluding tert-OH is 1. The Morgan fingerprint density at radius 1 is 1.00 bits per heavy atom. The SMILES string of the molecule is C[C@@]1(CO)CN(Cc2ccccc2)C[C@@H]2CN(C3CCCCC3)CCN21. The molecule has 3 aliphatic rings. The van der Waals surface area contributed by atoms with Crippen molar-refractivity contribution >= 4 is 0 Å². The lowest BCUT2D eigenvalue weighted by Crippen LogP contribution is -2.72. The molecule has 2 aliphatic heterocycles. The van der Waals surface area contributed by atoms with Crippen LogP contribution in [0, 0.1) is 0 Å². The van der Waals surface area contributed by atoms with Crippen molar-refractivity contribution < 1.29 is 5.11 Å². The molecule has 4 heteroatoms. The van der Waals surface area contributed by atoms with Crippen LogP contribution in [0.15, 0.2) is 30.3 Å². The van der Waals surface area contributed by atoms with Crippen molar-refractivity contribution in [1.82, 2.24) is 14.7 Å². The van der Waals surface area contributed by atoms with Crippen molar-refractivity contribution in [1.29, 1.82) is 0 Å². The van der Waals surface area contributed by atoms with Crippen LogP contribution in [-0.4, -0.2) is 76.8 Å². The van der Waals surface area contributed by atoms with E-state index in [4.69, 9.17) is 0 Å². The smallest absolute Gasteiger partial charge is 0.0625 e. The minimum absolute atomic E-state index is 0.115. The monoisotopic (exact) mass is 357 g/mol. The van der Waals surface area contributed by atoms with Crippen LogP contribution in [0.2, 0.25) is 0 Å². The number of hydrogen-bond donors (Lipinski definition) is 1. The predicted octanol–water partition coefficient (Wildman–Crippen LogP) is 2.57. The zero-order chi connectivity index (χ0) is 18.0. The second-order valence-electron chi connectivity index (χ2n) is 8.94. The number of fused-ring (bicyclic) bond motifs is 1. The lowest BCUT2D eigenvalue weighted by Gasteiger charge is -2.57. The van der Waals surface area contributed by atoms with Crippen molar-refractivity contribution in [2.45, 2.75) is 63.2 Å². The summed E-state index contributed by atoms with van der Waals surface area (Å²) in [7, 11) is 0. The summed E-state index contributed by atoms with van der Waals surface area (Å²) in [6.45, 7) is 9.03. The summed E-state index contributed by atoms with van der Waals surface area (Å²) in [4.78, 5) is 7.95. The fourth-order valence-electron chi connectivity index (χ4n) is 5.56. The van der Waals surface area contributed by atoms with E-state index >= 15 is 0 Å². The van der Waals surface area contributed by atoms with Crippen molar-refractivity contribution in [3.63, 3.8) is 0 Å². The van der Waals surface area contributed by atoms with E-state index in [-0.39, 0.29) is 12.1 Å². The van der Waals surface area contributed by atoms with Gasteiger partial charge in [-0.15, -0.1) is 0 Å². The first kappa shape index (κ1) is 18.4. The molecule has 144 valence electrons. The van der Waals surface area contributed by atoms with Crippen molar-refractivity contribution in [2.24, 2.45) is 0 Å². The molecule has 1 saturated carbocycles. The summed E-state index contributed by atoms with van der Waals surface area (Å²) < 4.78 is 0. The Morgan fingerprint density at radius 3 is 2.50 bits per heavy atom. The van der Waals surface area contributed by atoms with Crippen LogP contribution in [-0.2, 0) is 6.54 Å². The van der Waals surface area contributed by atoms with Gasteiger partial charge in [-0.3, -0.25) is 14.7 Å². The van der Waals surface area contributed by atoms with Gasteiger partial charge < -0.3 is 5.11 Å². The first-order chi connectivity index (χ1) is 12.7. The van der Waals surface area contributed by atoms with Crippen LogP contribution >= 0.6 is 0 Å². The first-order valence-electron chi connectivity index (χ1n) is 10.6. The van der Waals surface area contributed by atoms with Gasteiger partial charge in [0.2, 0.25) is 0 Å². The second-order valence-corrected chi connectivity index (χ2v) is 8.94. The van der Waals surface area contributed by atoms with Gasteiger partial charge in [0.05, 0.1) is 12.1 Å². The van der Waals surface area contributed by atoms with Gasteiger partial charge in [0.1, 0.15) is 0 Å². The molecular weight excluding hydrogens is 322 g/mol. The summed E-state index contributed by atoms with van der Waals surface area (Å²) in [5.74, 6) is 0. The van der Waals surface area contributed by atoms with E-state index in [1.807, 2.05) is 0 Å². The van der Waals surface area contributed by atoms with Crippen LogP contribution < -0.4 is 0 Å². The van der Waals surface area contributed by atoms with Gasteiger partial charge >= 0.3 is 0 Å². The Hall–Kier alpha value is -0.940. The molecule has 0 radical (unpaired) electrons. The molecule has 1 aromatic carbocycles. The summed E-state index contributed by atoms with van der Waals surface area (Å²) in [6, 6.07) is 12.1. The summed E-state index contributed by atoms with van der Waals surface area (Å²) in [6.07, 6.45) is 7.01. The van der Waals surface area contributed by atoms with E-state index in [1.54, 1.807) is 0 Å².